The Morgan fingerprint density at radius 2 is 1.87 bits per heavy atom. The van der Waals surface area contributed by atoms with Crippen molar-refractivity contribution in [2.75, 3.05) is 18.2 Å². The molecule has 162 valence electrons. The van der Waals surface area contributed by atoms with Crippen LogP contribution in [0, 0.1) is 0 Å². The zero-order valence-electron chi connectivity index (χ0n) is 18.0. The number of ether oxygens (including phenoxy) is 2. The van der Waals surface area contributed by atoms with Gasteiger partial charge in [-0.15, -0.1) is 0 Å². The summed E-state index contributed by atoms with van der Waals surface area (Å²) in [5, 5.41) is 0. The van der Waals surface area contributed by atoms with Gasteiger partial charge in [0.05, 0.1) is 11.0 Å². The number of hydrogen-bond acceptors (Lipinski definition) is 4. The molecule has 0 saturated carbocycles. The monoisotopic (exact) mass is 419 g/mol. The van der Waals surface area contributed by atoms with E-state index in [-0.39, 0.29) is 18.6 Å². The Morgan fingerprint density at radius 1 is 1.03 bits per heavy atom. The van der Waals surface area contributed by atoms with E-state index in [1.54, 1.807) is 0 Å². The zero-order chi connectivity index (χ0) is 21.2. The third kappa shape index (κ3) is 3.87. The molecule has 6 nitrogen and oxygen atoms in total. The van der Waals surface area contributed by atoms with Crippen LogP contribution in [-0.2, 0) is 11.3 Å². The highest BCUT2D eigenvalue weighted by Gasteiger charge is 2.35. The van der Waals surface area contributed by atoms with Crippen LogP contribution in [0.4, 0.5) is 5.69 Å². The third-order valence-electron chi connectivity index (χ3n) is 6.33. The highest BCUT2D eigenvalue weighted by atomic mass is 16.7. The van der Waals surface area contributed by atoms with E-state index in [0.29, 0.717) is 18.7 Å². The van der Waals surface area contributed by atoms with Crippen molar-refractivity contribution in [1.82, 2.24) is 9.55 Å². The second kappa shape index (κ2) is 8.61. The number of imidazole rings is 1. The van der Waals surface area contributed by atoms with E-state index in [0.717, 1.165) is 35.7 Å². The number of unbranched alkanes of at least 4 members (excludes halogenated alkanes) is 4. The molecule has 2 aromatic carbocycles. The first-order valence-corrected chi connectivity index (χ1v) is 11.4. The Bertz CT molecular complexity index is 1090. The van der Waals surface area contributed by atoms with E-state index in [2.05, 4.69) is 29.7 Å². The number of fused-ring (bicyclic) bond motifs is 2. The molecular weight excluding hydrogens is 390 g/mol. The van der Waals surface area contributed by atoms with Crippen LogP contribution in [0.5, 0.6) is 11.5 Å². The maximum atomic E-state index is 12.9. The molecule has 3 heterocycles. The molecule has 1 unspecified atom stereocenters. The lowest BCUT2D eigenvalue weighted by molar-refractivity contribution is -0.117. The van der Waals surface area contributed by atoms with Crippen molar-refractivity contribution in [2.24, 2.45) is 0 Å². The predicted octanol–water partition coefficient (Wildman–Crippen LogP) is 5.26. The van der Waals surface area contributed by atoms with Crippen molar-refractivity contribution in [3.05, 3.63) is 48.3 Å². The molecule has 1 fully saturated rings. The minimum absolute atomic E-state index is 0.0842. The number of hydrogen-bond donors (Lipinski definition) is 0. The van der Waals surface area contributed by atoms with E-state index < -0.39 is 0 Å². The lowest BCUT2D eigenvalue weighted by Gasteiger charge is -2.18. The maximum absolute atomic E-state index is 12.9. The summed E-state index contributed by atoms with van der Waals surface area (Å²) < 4.78 is 13.3. The average molecular weight is 420 g/mol. The largest absolute Gasteiger partial charge is 0.454 e. The molecule has 0 aliphatic carbocycles. The van der Waals surface area contributed by atoms with Crippen molar-refractivity contribution in [3.8, 4) is 11.5 Å². The van der Waals surface area contributed by atoms with E-state index in [9.17, 15) is 4.79 Å². The van der Waals surface area contributed by atoms with Crippen molar-refractivity contribution < 1.29 is 14.3 Å². The number of aryl methyl sites for hydroxylation is 1. The van der Waals surface area contributed by atoms with E-state index in [1.807, 2.05) is 29.2 Å². The number of nitrogens with zero attached hydrogens (tertiary/aromatic N) is 3. The second-order valence-corrected chi connectivity index (χ2v) is 8.47. The lowest BCUT2D eigenvalue weighted by atomic mass is 10.1. The number of carbonyl (C=O) groups is 1. The minimum atomic E-state index is 0.0842. The van der Waals surface area contributed by atoms with Crippen LogP contribution >= 0.6 is 0 Å². The Labute approximate surface area is 182 Å². The number of benzene rings is 2. The quantitative estimate of drug-likeness (QED) is 0.468. The van der Waals surface area contributed by atoms with Crippen LogP contribution in [0.2, 0.25) is 0 Å². The molecule has 31 heavy (non-hydrogen) atoms. The summed E-state index contributed by atoms with van der Waals surface area (Å²) in [4.78, 5) is 19.8. The summed E-state index contributed by atoms with van der Waals surface area (Å²) in [5.74, 6) is 2.68. The molecule has 5 rings (SSSR count). The van der Waals surface area contributed by atoms with Gasteiger partial charge < -0.3 is 18.9 Å². The number of anilines is 1. The average Bonchev–Trinajstić information content (AvgIpc) is 3.49. The van der Waals surface area contributed by atoms with Gasteiger partial charge in [0, 0.05) is 37.2 Å². The van der Waals surface area contributed by atoms with Gasteiger partial charge in [0.25, 0.3) is 0 Å². The van der Waals surface area contributed by atoms with Crippen molar-refractivity contribution in [1.29, 1.82) is 0 Å². The second-order valence-electron chi connectivity index (χ2n) is 8.47. The van der Waals surface area contributed by atoms with Crippen LogP contribution in [0.15, 0.2) is 42.5 Å². The van der Waals surface area contributed by atoms with Gasteiger partial charge in [-0.2, -0.15) is 0 Å². The van der Waals surface area contributed by atoms with Crippen LogP contribution in [0.3, 0.4) is 0 Å². The summed E-state index contributed by atoms with van der Waals surface area (Å²) in [6.45, 7) is 4.06. The summed E-state index contributed by atoms with van der Waals surface area (Å²) in [6, 6.07) is 14.0. The van der Waals surface area contributed by atoms with Crippen LogP contribution in [-0.4, -0.2) is 28.8 Å². The summed E-state index contributed by atoms with van der Waals surface area (Å²) in [5.41, 5.74) is 3.04. The summed E-state index contributed by atoms with van der Waals surface area (Å²) in [6.07, 6.45) is 6.66. The molecule has 2 aliphatic heterocycles. The zero-order valence-corrected chi connectivity index (χ0v) is 18.0. The number of aromatic nitrogens is 2. The molecule has 0 N–H and O–H groups in total. The summed E-state index contributed by atoms with van der Waals surface area (Å²) in [7, 11) is 0. The highest BCUT2D eigenvalue weighted by Crippen LogP contribution is 2.39. The first-order valence-electron chi connectivity index (χ1n) is 11.4. The summed E-state index contributed by atoms with van der Waals surface area (Å²) >= 11 is 0. The predicted molar refractivity (Wildman–Crippen MR) is 121 cm³/mol. The Hall–Kier alpha value is -3.02. The minimum Gasteiger partial charge on any atom is -0.454 e. The number of carbonyl (C=O) groups excluding carboxylic acids is 1. The fourth-order valence-electron chi connectivity index (χ4n) is 4.70. The van der Waals surface area contributed by atoms with Crippen LogP contribution in [0.1, 0.15) is 57.2 Å². The van der Waals surface area contributed by atoms with E-state index in [4.69, 9.17) is 14.5 Å². The van der Waals surface area contributed by atoms with E-state index >= 15 is 0 Å². The van der Waals surface area contributed by atoms with Gasteiger partial charge >= 0.3 is 0 Å². The van der Waals surface area contributed by atoms with Gasteiger partial charge in [-0.05, 0) is 30.7 Å². The highest BCUT2D eigenvalue weighted by molar-refractivity contribution is 5.97. The molecule has 0 bridgehead atoms. The van der Waals surface area contributed by atoms with Crippen molar-refractivity contribution in [3.63, 3.8) is 0 Å². The standard InChI is InChI=1S/C25H29N3O3/c1-2-3-4-5-8-13-27-21-10-7-6-9-20(21)26-25(27)18-14-24(29)28(16-18)19-11-12-22-23(15-19)31-17-30-22/h6-7,9-12,15,18H,2-5,8,13-14,16-17H2,1H3. The number of amides is 1. The van der Waals surface area contributed by atoms with Gasteiger partial charge in [0.1, 0.15) is 5.82 Å². The first-order chi connectivity index (χ1) is 15.2. The molecule has 2 aliphatic rings. The van der Waals surface area contributed by atoms with Gasteiger partial charge in [0.15, 0.2) is 11.5 Å². The van der Waals surface area contributed by atoms with E-state index in [1.165, 1.54) is 31.2 Å². The Balaban J connectivity index is 1.39. The molecule has 0 spiro atoms. The number of rotatable bonds is 8. The molecule has 6 heteroatoms. The van der Waals surface area contributed by atoms with Gasteiger partial charge in [-0.25, -0.2) is 4.98 Å². The number of para-hydroxylation sites is 2. The van der Waals surface area contributed by atoms with Gasteiger partial charge in [-0.3, -0.25) is 4.79 Å². The lowest BCUT2D eigenvalue weighted by Crippen LogP contribution is -2.24. The molecular formula is C25H29N3O3. The van der Waals surface area contributed by atoms with Crippen LogP contribution in [0.25, 0.3) is 11.0 Å². The van der Waals surface area contributed by atoms with Crippen molar-refractivity contribution >= 4 is 22.6 Å². The molecule has 0 radical (unpaired) electrons. The van der Waals surface area contributed by atoms with Gasteiger partial charge in [0.2, 0.25) is 12.7 Å². The molecule has 1 aromatic heterocycles. The van der Waals surface area contributed by atoms with Gasteiger partial charge in [-0.1, -0.05) is 44.7 Å². The van der Waals surface area contributed by atoms with Crippen LogP contribution < -0.4 is 14.4 Å². The smallest absolute Gasteiger partial charge is 0.231 e. The molecule has 1 saturated heterocycles. The fourth-order valence-corrected chi connectivity index (χ4v) is 4.70. The third-order valence-corrected chi connectivity index (χ3v) is 6.33. The molecule has 3 aromatic rings. The first kappa shape index (κ1) is 19.9. The SMILES string of the molecule is CCCCCCCn1c(C2CC(=O)N(c3ccc4c(c3)OCO4)C2)nc2ccccc21. The van der Waals surface area contributed by atoms with Crippen molar-refractivity contribution in [2.45, 2.75) is 57.9 Å². The topological polar surface area (TPSA) is 56.6 Å². The molecule has 1 amide bonds. The molecule has 1 atom stereocenters. The Morgan fingerprint density at radius 3 is 2.77 bits per heavy atom. The Kier molecular flexibility index (Phi) is 5.53. The normalized spacial score (nSPS) is 17.8. The maximum Gasteiger partial charge on any atom is 0.231 e. The fraction of sp³-hybridized carbons (Fsp3) is 0.440.